The van der Waals surface area contributed by atoms with E-state index in [0.717, 1.165) is 18.2 Å². The van der Waals surface area contributed by atoms with Crippen molar-refractivity contribution in [2.24, 2.45) is 0 Å². The molecule has 2 N–H and O–H groups in total. The Morgan fingerprint density at radius 2 is 2.29 bits per heavy atom. The molecule has 74 valence electrons. The fraction of sp³-hybridized carbons (Fsp3) is 0.300. The van der Waals surface area contributed by atoms with E-state index in [9.17, 15) is 9.18 Å². The molecule has 0 radical (unpaired) electrons. The summed E-state index contributed by atoms with van der Waals surface area (Å²) in [4.78, 5) is 10.7. The smallest absolute Gasteiger partial charge is 0.335 e. The standard InChI is InChI=1S/C10H10FNO2/c11-9-4-7(10(13)14)3-6-1-2-12-5-8(6)9/h3-4,12H,1-2,5H2,(H,13,14). The van der Waals surface area contributed by atoms with Crippen LogP contribution in [0.5, 0.6) is 0 Å². The highest BCUT2D eigenvalue weighted by Crippen LogP contribution is 2.19. The van der Waals surface area contributed by atoms with Gasteiger partial charge in [0.15, 0.2) is 0 Å². The number of carboxylic acid groups (broad SMARTS) is 1. The first-order chi connectivity index (χ1) is 6.68. The molecule has 0 aromatic heterocycles. The molecule has 1 aromatic carbocycles. The van der Waals surface area contributed by atoms with E-state index in [-0.39, 0.29) is 5.56 Å². The fourth-order valence-corrected chi connectivity index (χ4v) is 1.67. The minimum atomic E-state index is -1.08. The van der Waals surface area contributed by atoms with Crippen molar-refractivity contribution in [2.45, 2.75) is 13.0 Å². The Labute approximate surface area is 80.6 Å². The van der Waals surface area contributed by atoms with E-state index in [4.69, 9.17) is 5.11 Å². The first-order valence-corrected chi connectivity index (χ1v) is 4.44. The van der Waals surface area contributed by atoms with Gasteiger partial charge in [0.25, 0.3) is 0 Å². The van der Waals surface area contributed by atoms with Crippen molar-refractivity contribution >= 4 is 5.97 Å². The van der Waals surface area contributed by atoms with E-state index in [2.05, 4.69) is 5.32 Å². The first kappa shape index (κ1) is 9.15. The molecular formula is C10H10FNO2. The minimum absolute atomic E-state index is 0.0307. The fourth-order valence-electron chi connectivity index (χ4n) is 1.67. The number of carboxylic acids is 1. The van der Waals surface area contributed by atoms with E-state index in [1.165, 1.54) is 0 Å². The Balaban J connectivity index is 2.51. The molecule has 2 rings (SSSR count). The number of nitrogens with one attached hydrogen (secondary N) is 1. The molecule has 0 unspecified atom stereocenters. The van der Waals surface area contributed by atoms with Crippen LogP contribution >= 0.6 is 0 Å². The molecular weight excluding hydrogens is 185 g/mol. The molecule has 0 saturated carbocycles. The zero-order valence-electron chi connectivity index (χ0n) is 7.51. The van der Waals surface area contributed by atoms with Gasteiger partial charge >= 0.3 is 5.97 Å². The van der Waals surface area contributed by atoms with Crippen LogP contribution in [0.4, 0.5) is 4.39 Å². The molecule has 0 bridgehead atoms. The van der Waals surface area contributed by atoms with Crippen molar-refractivity contribution in [1.82, 2.24) is 5.32 Å². The largest absolute Gasteiger partial charge is 0.478 e. The van der Waals surface area contributed by atoms with E-state index in [1.807, 2.05) is 0 Å². The van der Waals surface area contributed by atoms with Crippen LogP contribution in [0.1, 0.15) is 21.5 Å². The lowest BCUT2D eigenvalue weighted by molar-refractivity contribution is 0.0696. The third kappa shape index (κ3) is 1.48. The summed E-state index contributed by atoms with van der Waals surface area (Å²) in [6.07, 6.45) is 0.688. The van der Waals surface area contributed by atoms with Crippen LogP contribution in [0.2, 0.25) is 0 Å². The molecule has 1 aliphatic rings. The lowest BCUT2D eigenvalue weighted by Crippen LogP contribution is -2.25. The van der Waals surface area contributed by atoms with Gasteiger partial charge in [-0.1, -0.05) is 0 Å². The number of benzene rings is 1. The number of hydrogen-bond donors (Lipinski definition) is 2. The third-order valence-corrected chi connectivity index (χ3v) is 2.41. The topological polar surface area (TPSA) is 49.3 Å². The number of fused-ring (bicyclic) bond motifs is 1. The van der Waals surface area contributed by atoms with Gasteiger partial charge in [-0.25, -0.2) is 9.18 Å². The maximum atomic E-state index is 13.4. The second kappa shape index (κ2) is 3.38. The SMILES string of the molecule is O=C(O)c1cc(F)c2c(c1)CCNC2. The Morgan fingerprint density at radius 3 is 3.00 bits per heavy atom. The number of rotatable bonds is 1. The van der Waals surface area contributed by atoms with Gasteiger partial charge in [-0.05, 0) is 30.7 Å². The average Bonchev–Trinajstić information content (AvgIpc) is 2.17. The van der Waals surface area contributed by atoms with E-state index in [0.29, 0.717) is 18.5 Å². The van der Waals surface area contributed by atoms with Crippen LogP contribution in [-0.4, -0.2) is 17.6 Å². The summed E-state index contributed by atoms with van der Waals surface area (Å²) in [7, 11) is 0. The molecule has 0 saturated heterocycles. The number of carbonyl (C=O) groups is 1. The number of aromatic carboxylic acids is 1. The predicted octanol–water partition coefficient (Wildman–Crippen LogP) is 1.17. The summed E-state index contributed by atoms with van der Waals surface area (Å²) in [5.41, 5.74) is 1.44. The molecule has 14 heavy (non-hydrogen) atoms. The summed E-state index contributed by atoms with van der Waals surface area (Å²) in [5, 5.41) is 11.8. The average molecular weight is 195 g/mol. The minimum Gasteiger partial charge on any atom is -0.478 e. The first-order valence-electron chi connectivity index (χ1n) is 4.44. The van der Waals surface area contributed by atoms with E-state index < -0.39 is 11.8 Å². The van der Waals surface area contributed by atoms with Crippen molar-refractivity contribution in [2.75, 3.05) is 6.54 Å². The Kier molecular flexibility index (Phi) is 2.21. The van der Waals surface area contributed by atoms with Gasteiger partial charge < -0.3 is 10.4 Å². The summed E-state index contributed by atoms with van der Waals surface area (Å²) in [6.45, 7) is 1.26. The van der Waals surface area contributed by atoms with Gasteiger partial charge in [-0.3, -0.25) is 0 Å². The molecule has 4 heteroatoms. The summed E-state index contributed by atoms with van der Waals surface area (Å²) in [6, 6.07) is 2.63. The molecule has 0 amide bonds. The zero-order valence-corrected chi connectivity index (χ0v) is 7.51. The van der Waals surface area contributed by atoms with Crippen LogP contribution in [0.15, 0.2) is 12.1 Å². The summed E-state index contributed by atoms with van der Waals surface area (Å²) >= 11 is 0. The lowest BCUT2D eigenvalue weighted by atomic mass is 9.98. The Bertz CT molecular complexity index is 390. The van der Waals surface area contributed by atoms with Crippen LogP contribution in [-0.2, 0) is 13.0 Å². The molecule has 1 heterocycles. The van der Waals surface area contributed by atoms with Gasteiger partial charge in [-0.2, -0.15) is 0 Å². The molecule has 1 aliphatic heterocycles. The quantitative estimate of drug-likeness (QED) is 0.707. The third-order valence-electron chi connectivity index (χ3n) is 2.41. The molecule has 0 spiro atoms. The summed E-state index contributed by atoms with van der Waals surface area (Å²) < 4.78 is 13.4. The van der Waals surface area contributed by atoms with Gasteiger partial charge in [0, 0.05) is 12.1 Å². The summed E-state index contributed by atoms with van der Waals surface area (Å²) in [5.74, 6) is -1.50. The van der Waals surface area contributed by atoms with Gasteiger partial charge in [0.1, 0.15) is 5.82 Å². The molecule has 0 atom stereocenters. The van der Waals surface area contributed by atoms with Crippen molar-refractivity contribution in [3.8, 4) is 0 Å². The Morgan fingerprint density at radius 1 is 1.50 bits per heavy atom. The van der Waals surface area contributed by atoms with Gasteiger partial charge in [0.05, 0.1) is 5.56 Å². The number of halogens is 1. The number of hydrogen-bond acceptors (Lipinski definition) is 2. The Hall–Kier alpha value is -1.42. The normalized spacial score (nSPS) is 14.9. The van der Waals surface area contributed by atoms with Crippen LogP contribution in [0, 0.1) is 5.82 Å². The predicted molar refractivity (Wildman–Crippen MR) is 48.8 cm³/mol. The molecule has 1 aromatic rings. The van der Waals surface area contributed by atoms with Gasteiger partial charge in [0.2, 0.25) is 0 Å². The van der Waals surface area contributed by atoms with Crippen molar-refractivity contribution in [3.63, 3.8) is 0 Å². The van der Waals surface area contributed by atoms with Crippen molar-refractivity contribution in [3.05, 3.63) is 34.6 Å². The van der Waals surface area contributed by atoms with Crippen LogP contribution < -0.4 is 5.32 Å². The van der Waals surface area contributed by atoms with Crippen molar-refractivity contribution < 1.29 is 14.3 Å². The lowest BCUT2D eigenvalue weighted by Gasteiger charge is -2.17. The molecule has 3 nitrogen and oxygen atoms in total. The zero-order chi connectivity index (χ0) is 10.1. The molecule has 0 fully saturated rings. The monoisotopic (exact) mass is 195 g/mol. The van der Waals surface area contributed by atoms with E-state index in [1.54, 1.807) is 6.07 Å². The second-order valence-corrected chi connectivity index (χ2v) is 3.33. The highest BCUT2D eigenvalue weighted by molar-refractivity contribution is 5.88. The van der Waals surface area contributed by atoms with Crippen molar-refractivity contribution in [1.29, 1.82) is 0 Å². The molecule has 0 aliphatic carbocycles. The van der Waals surface area contributed by atoms with Gasteiger partial charge in [-0.15, -0.1) is 0 Å². The highest BCUT2D eigenvalue weighted by atomic mass is 19.1. The second-order valence-electron chi connectivity index (χ2n) is 3.33. The maximum absolute atomic E-state index is 13.4. The van der Waals surface area contributed by atoms with E-state index >= 15 is 0 Å². The van der Waals surface area contributed by atoms with Crippen LogP contribution in [0.3, 0.4) is 0 Å². The van der Waals surface area contributed by atoms with Crippen LogP contribution in [0.25, 0.3) is 0 Å². The highest BCUT2D eigenvalue weighted by Gasteiger charge is 2.16. The maximum Gasteiger partial charge on any atom is 0.335 e.